The van der Waals surface area contributed by atoms with Crippen LogP contribution >= 0.6 is 11.6 Å². The predicted octanol–water partition coefficient (Wildman–Crippen LogP) is 3.09. The average molecular weight is 184 g/mol. The van der Waals surface area contributed by atoms with Gasteiger partial charge in [0.2, 0.25) is 0 Å². The molecule has 0 saturated carbocycles. The maximum absolute atomic E-state index is 8.23. The monoisotopic (exact) mass is 183 g/mol. The van der Waals surface area contributed by atoms with E-state index in [1.165, 1.54) is 0 Å². The highest BCUT2D eigenvalue weighted by atomic mass is 35.5. The van der Waals surface area contributed by atoms with Crippen LogP contribution in [0.25, 0.3) is 0 Å². The minimum Gasteiger partial charge on any atom is -0.198 e. The quantitative estimate of drug-likeness (QED) is 0.365. The molecule has 0 N–H and O–H groups in total. The minimum absolute atomic E-state index is 0.621. The van der Waals surface area contributed by atoms with Crippen LogP contribution in [0.4, 0.5) is 0 Å². The highest BCUT2D eigenvalue weighted by Crippen LogP contribution is 1.96. The molecule has 0 radical (unpaired) electrons. The Morgan fingerprint density at radius 2 is 1.58 bits per heavy atom. The van der Waals surface area contributed by atoms with Gasteiger partial charge in [0.1, 0.15) is 0 Å². The van der Waals surface area contributed by atoms with Gasteiger partial charge in [0, 0.05) is 25.1 Å². The second-order valence-electron chi connectivity index (χ2n) is 2.51. The van der Waals surface area contributed by atoms with Crippen LogP contribution in [-0.2, 0) is 0 Å². The molecule has 0 aliphatic rings. The Bertz CT molecular complexity index is 182. The van der Waals surface area contributed by atoms with Gasteiger partial charge < -0.3 is 0 Å². The highest BCUT2D eigenvalue weighted by Gasteiger charge is 1.82. The van der Waals surface area contributed by atoms with Gasteiger partial charge in [-0.2, -0.15) is 5.26 Å². The first kappa shape index (κ1) is 11.3. The Morgan fingerprint density at radius 1 is 0.917 bits per heavy atom. The molecular formula is C10H14ClN. The van der Waals surface area contributed by atoms with E-state index in [9.17, 15) is 0 Å². The van der Waals surface area contributed by atoms with Crippen LogP contribution in [0.3, 0.4) is 0 Å². The number of nitriles is 1. The SMILES string of the molecule is N#CCCCC#CCCCCCl. The van der Waals surface area contributed by atoms with Crippen LogP contribution in [0.5, 0.6) is 0 Å². The first-order valence-electron chi connectivity index (χ1n) is 4.30. The summed E-state index contributed by atoms with van der Waals surface area (Å²) in [5.74, 6) is 6.83. The molecule has 2 heteroatoms. The zero-order valence-corrected chi connectivity index (χ0v) is 8.03. The van der Waals surface area contributed by atoms with Gasteiger partial charge >= 0.3 is 0 Å². The molecule has 0 rings (SSSR count). The molecule has 0 saturated heterocycles. The first-order chi connectivity index (χ1) is 5.91. The summed E-state index contributed by atoms with van der Waals surface area (Å²) in [4.78, 5) is 0. The predicted molar refractivity (Wildman–Crippen MR) is 51.8 cm³/mol. The fraction of sp³-hybridized carbons (Fsp3) is 0.700. The van der Waals surface area contributed by atoms with E-state index in [0.717, 1.165) is 38.0 Å². The molecule has 0 aromatic heterocycles. The van der Waals surface area contributed by atoms with Gasteiger partial charge in [-0.15, -0.1) is 23.4 Å². The lowest BCUT2D eigenvalue weighted by molar-refractivity contribution is 0.830. The van der Waals surface area contributed by atoms with Crippen molar-refractivity contribution in [1.29, 1.82) is 5.26 Å². The van der Waals surface area contributed by atoms with Crippen molar-refractivity contribution < 1.29 is 0 Å². The second-order valence-corrected chi connectivity index (χ2v) is 2.89. The van der Waals surface area contributed by atoms with Gasteiger partial charge in [0.15, 0.2) is 0 Å². The number of rotatable bonds is 5. The highest BCUT2D eigenvalue weighted by molar-refractivity contribution is 6.17. The lowest BCUT2D eigenvalue weighted by Gasteiger charge is -1.87. The van der Waals surface area contributed by atoms with Gasteiger partial charge in [-0.3, -0.25) is 0 Å². The van der Waals surface area contributed by atoms with E-state index in [1.807, 2.05) is 0 Å². The number of halogens is 1. The maximum atomic E-state index is 8.23. The van der Waals surface area contributed by atoms with E-state index in [1.54, 1.807) is 0 Å². The van der Waals surface area contributed by atoms with E-state index in [0.29, 0.717) is 6.42 Å². The van der Waals surface area contributed by atoms with E-state index >= 15 is 0 Å². The van der Waals surface area contributed by atoms with Crippen LogP contribution < -0.4 is 0 Å². The summed E-state index contributed by atoms with van der Waals surface area (Å²) < 4.78 is 0. The van der Waals surface area contributed by atoms with Crippen molar-refractivity contribution in [3.63, 3.8) is 0 Å². The standard InChI is InChI=1S/C10H14ClN/c11-9-7-5-3-1-2-4-6-8-10-12/h3-9H2. The third-order valence-electron chi connectivity index (χ3n) is 1.40. The Balaban J connectivity index is 3.07. The van der Waals surface area contributed by atoms with E-state index in [4.69, 9.17) is 16.9 Å². The molecule has 0 atom stereocenters. The first-order valence-corrected chi connectivity index (χ1v) is 4.84. The van der Waals surface area contributed by atoms with Gasteiger partial charge in [-0.25, -0.2) is 0 Å². The van der Waals surface area contributed by atoms with Crippen molar-refractivity contribution in [1.82, 2.24) is 0 Å². The van der Waals surface area contributed by atoms with Crippen molar-refractivity contribution in [2.45, 2.75) is 38.5 Å². The summed E-state index contributed by atoms with van der Waals surface area (Å²) in [6.45, 7) is 0. The van der Waals surface area contributed by atoms with Crippen LogP contribution in [0.15, 0.2) is 0 Å². The molecule has 1 nitrogen and oxygen atoms in total. The Kier molecular flexibility index (Phi) is 9.77. The van der Waals surface area contributed by atoms with Crippen molar-refractivity contribution in [3.05, 3.63) is 0 Å². The summed E-state index contributed by atoms with van der Waals surface area (Å²) in [5.41, 5.74) is 0. The van der Waals surface area contributed by atoms with E-state index in [2.05, 4.69) is 17.9 Å². The summed E-state index contributed by atoms with van der Waals surface area (Å²) in [6.07, 6.45) is 5.46. The molecule has 0 aromatic rings. The number of unbranched alkanes of at least 4 members (excludes halogenated alkanes) is 4. The van der Waals surface area contributed by atoms with Crippen LogP contribution in [-0.4, -0.2) is 5.88 Å². The fourth-order valence-corrected chi connectivity index (χ4v) is 0.929. The Labute approximate surface area is 79.7 Å². The van der Waals surface area contributed by atoms with Gasteiger partial charge in [-0.05, 0) is 19.3 Å². The topological polar surface area (TPSA) is 23.8 Å². The average Bonchev–Trinajstić information content (AvgIpc) is 2.10. The van der Waals surface area contributed by atoms with Crippen molar-refractivity contribution >= 4 is 11.6 Å². The zero-order chi connectivity index (χ0) is 9.07. The molecule has 0 aliphatic carbocycles. The van der Waals surface area contributed by atoms with Gasteiger partial charge in [0.25, 0.3) is 0 Å². The van der Waals surface area contributed by atoms with E-state index in [-0.39, 0.29) is 0 Å². The third kappa shape index (κ3) is 9.34. The van der Waals surface area contributed by atoms with Crippen LogP contribution in [0.1, 0.15) is 38.5 Å². The Hall–Kier alpha value is -0.660. The van der Waals surface area contributed by atoms with Gasteiger partial charge in [-0.1, -0.05) is 0 Å². The van der Waals surface area contributed by atoms with Crippen molar-refractivity contribution in [3.8, 4) is 17.9 Å². The second kappa shape index (κ2) is 10.3. The smallest absolute Gasteiger partial charge is 0.0622 e. The summed E-state index contributed by atoms with van der Waals surface area (Å²) in [6, 6.07) is 2.09. The summed E-state index contributed by atoms with van der Waals surface area (Å²) in [7, 11) is 0. The molecule has 0 fully saturated rings. The molecule has 12 heavy (non-hydrogen) atoms. The summed E-state index contributed by atoms with van der Waals surface area (Å²) in [5, 5.41) is 8.23. The zero-order valence-electron chi connectivity index (χ0n) is 7.27. The number of nitrogens with zero attached hydrogens (tertiary/aromatic N) is 1. The maximum Gasteiger partial charge on any atom is 0.0622 e. The molecule has 0 bridgehead atoms. The van der Waals surface area contributed by atoms with Crippen LogP contribution in [0, 0.1) is 23.2 Å². The van der Waals surface area contributed by atoms with E-state index < -0.39 is 0 Å². The normalized spacial score (nSPS) is 8.33. The van der Waals surface area contributed by atoms with Gasteiger partial charge in [0.05, 0.1) is 6.07 Å². The third-order valence-corrected chi connectivity index (χ3v) is 1.67. The largest absolute Gasteiger partial charge is 0.198 e. The lowest BCUT2D eigenvalue weighted by Crippen LogP contribution is -1.75. The molecular weight excluding hydrogens is 170 g/mol. The molecule has 66 valence electrons. The molecule has 0 unspecified atom stereocenters. The minimum atomic E-state index is 0.621. The molecule has 0 heterocycles. The number of hydrogen-bond acceptors (Lipinski definition) is 1. The molecule has 0 spiro atoms. The molecule has 0 aromatic carbocycles. The fourth-order valence-electron chi connectivity index (χ4n) is 0.740. The van der Waals surface area contributed by atoms with Crippen molar-refractivity contribution in [2.24, 2.45) is 0 Å². The number of alkyl halides is 1. The molecule has 0 amide bonds. The lowest BCUT2D eigenvalue weighted by atomic mass is 10.2. The Morgan fingerprint density at radius 3 is 2.17 bits per heavy atom. The van der Waals surface area contributed by atoms with Crippen LogP contribution in [0.2, 0.25) is 0 Å². The van der Waals surface area contributed by atoms with Crippen molar-refractivity contribution in [2.75, 3.05) is 5.88 Å². The summed E-state index contributed by atoms with van der Waals surface area (Å²) >= 11 is 5.50. The number of hydrogen-bond donors (Lipinski definition) is 0. The molecule has 0 aliphatic heterocycles.